The minimum atomic E-state index is 0.546. The first-order chi connectivity index (χ1) is 17.0. The molecule has 1 N–H and O–H groups in total. The number of pyridine rings is 1. The lowest BCUT2D eigenvalue weighted by Gasteiger charge is -2.18. The third-order valence-electron chi connectivity index (χ3n) is 6.96. The van der Waals surface area contributed by atoms with Gasteiger partial charge in [-0.2, -0.15) is 0 Å². The Morgan fingerprint density at radius 1 is 0.686 bits per heavy atom. The highest BCUT2D eigenvalue weighted by Gasteiger charge is 2.20. The standard InChI is InChI=1S/C31H34N4/c1-34(2)26-13-9-22(10-14-26)30-19-25(29-8-6-5-7-28(29)24-17-18-32-21-24)20-31(33-30)23-11-15-27(16-12-23)35(3)4/h5-16,19-20,24,32H,17-18,21H2,1-4H3. The van der Waals surface area contributed by atoms with E-state index in [0.29, 0.717) is 5.92 Å². The molecular weight excluding hydrogens is 428 g/mol. The molecule has 4 aromatic rings. The van der Waals surface area contributed by atoms with Gasteiger partial charge < -0.3 is 15.1 Å². The Bertz CT molecular complexity index is 1210. The van der Waals surface area contributed by atoms with Crippen molar-refractivity contribution in [2.24, 2.45) is 0 Å². The van der Waals surface area contributed by atoms with Crippen molar-refractivity contribution in [3.05, 3.63) is 90.5 Å². The van der Waals surface area contributed by atoms with E-state index >= 15 is 0 Å². The molecule has 0 spiro atoms. The van der Waals surface area contributed by atoms with Crippen LogP contribution < -0.4 is 15.1 Å². The molecule has 0 saturated carbocycles. The van der Waals surface area contributed by atoms with Crippen LogP contribution in [0.3, 0.4) is 0 Å². The SMILES string of the molecule is CN(C)c1ccc(-c2cc(-c3ccccc3C3CCNC3)cc(-c3ccc(N(C)C)cc3)n2)cc1. The summed E-state index contributed by atoms with van der Waals surface area (Å²) in [4.78, 5) is 9.38. The first kappa shape index (κ1) is 23.1. The summed E-state index contributed by atoms with van der Waals surface area (Å²) in [6.45, 7) is 2.13. The highest BCUT2D eigenvalue weighted by Crippen LogP contribution is 2.36. The molecule has 1 aromatic heterocycles. The van der Waals surface area contributed by atoms with Crippen molar-refractivity contribution in [2.75, 3.05) is 51.1 Å². The fourth-order valence-electron chi connectivity index (χ4n) is 4.88. The average Bonchev–Trinajstić information content (AvgIpc) is 3.43. The molecular formula is C31H34N4. The van der Waals surface area contributed by atoms with Gasteiger partial charge in [0.1, 0.15) is 0 Å². The number of aromatic nitrogens is 1. The molecule has 1 unspecified atom stereocenters. The van der Waals surface area contributed by atoms with Gasteiger partial charge in [-0.1, -0.05) is 48.5 Å². The Morgan fingerprint density at radius 3 is 1.71 bits per heavy atom. The minimum absolute atomic E-state index is 0.546. The quantitative estimate of drug-likeness (QED) is 0.365. The molecule has 1 atom stereocenters. The lowest BCUT2D eigenvalue weighted by atomic mass is 9.89. The van der Waals surface area contributed by atoms with Crippen LogP contribution in [0, 0.1) is 0 Å². The Labute approximate surface area is 209 Å². The number of anilines is 2. The van der Waals surface area contributed by atoms with E-state index in [-0.39, 0.29) is 0 Å². The summed E-state index contributed by atoms with van der Waals surface area (Å²) in [5, 5.41) is 3.53. The topological polar surface area (TPSA) is 31.4 Å². The van der Waals surface area contributed by atoms with E-state index in [1.807, 2.05) is 0 Å². The van der Waals surface area contributed by atoms with Gasteiger partial charge in [-0.05, 0) is 72.0 Å². The monoisotopic (exact) mass is 462 g/mol. The number of hydrogen-bond donors (Lipinski definition) is 1. The van der Waals surface area contributed by atoms with Crippen LogP contribution in [0.15, 0.2) is 84.9 Å². The van der Waals surface area contributed by atoms with Crippen LogP contribution in [0.5, 0.6) is 0 Å². The van der Waals surface area contributed by atoms with Crippen molar-refractivity contribution < 1.29 is 0 Å². The molecule has 1 aliphatic heterocycles. The fraction of sp³-hybridized carbons (Fsp3) is 0.258. The van der Waals surface area contributed by atoms with Crippen molar-refractivity contribution in [3.63, 3.8) is 0 Å². The second-order valence-corrected chi connectivity index (χ2v) is 9.79. The summed E-state index contributed by atoms with van der Waals surface area (Å²) in [6, 6.07) is 30.7. The van der Waals surface area contributed by atoms with Crippen molar-refractivity contribution in [2.45, 2.75) is 12.3 Å². The normalized spacial score (nSPS) is 15.3. The zero-order valence-electron chi connectivity index (χ0n) is 21.1. The molecule has 35 heavy (non-hydrogen) atoms. The summed E-state index contributed by atoms with van der Waals surface area (Å²) < 4.78 is 0. The average molecular weight is 463 g/mol. The zero-order valence-corrected chi connectivity index (χ0v) is 21.1. The van der Waals surface area contributed by atoms with Crippen LogP contribution in [-0.2, 0) is 0 Å². The smallest absolute Gasteiger partial charge is 0.0715 e. The van der Waals surface area contributed by atoms with E-state index in [0.717, 1.165) is 35.6 Å². The van der Waals surface area contributed by atoms with Gasteiger partial charge in [-0.15, -0.1) is 0 Å². The molecule has 3 aromatic carbocycles. The third-order valence-corrected chi connectivity index (χ3v) is 6.96. The Morgan fingerprint density at radius 2 is 1.23 bits per heavy atom. The zero-order chi connectivity index (χ0) is 24.4. The molecule has 0 amide bonds. The first-order valence-electron chi connectivity index (χ1n) is 12.4. The predicted octanol–water partition coefficient (Wildman–Crippen LogP) is 6.29. The van der Waals surface area contributed by atoms with Crippen LogP contribution in [0.1, 0.15) is 17.9 Å². The maximum Gasteiger partial charge on any atom is 0.0715 e. The minimum Gasteiger partial charge on any atom is -0.378 e. The molecule has 0 radical (unpaired) electrons. The van der Waals surface area contributed by atoms with Gasteiger partial charge in [0.25, 0.3) is 0 Å². The summed E-state index contributed by atoms with van der Waals surface area (Å²) in [5.74, 6) is 0.546. The lowest BCUT2D eigenvalue weighted by Crippen LogP contribution is -2.08. The molecule has 1 aliphatic rings. The van der Waals surface area contributed by atoms with Gasteiger partial charge in [0.05, 0.1) is 11.4 Å². The van der Waals surface area contributed by atoms with Crippen LogP contribution >= 0.6 is 0 Å². The second-order valence-electron chi connectivity index (χ2n) is 9.79. The van der Waals surface area contributed by atoms with Crippen LogP contribution in [0.2, 0.25) is 0 Å². The molecule has 178 valence electrons. The number of nitrogens with zero attached hydrogens (tertiary/aromatic N) is 3. The molecule has 4 heteroatoms. The number of hydrogen-bond acceptors (Lipinski definition) is 4. The fourth-order valence-corrected chi connectivity index (χ4v) is 4.88. The summed E-state index contributed by atoms with van der Waals surface area (Å²) in [6.07, 6.45) is 1.18. The van der Waals surface area contributed by atoms with Gasteiger partial charge >= 0.3 is 0 Å². The highest BCUT2D eigenvalue weighted by molar-refractivity contribution is 5.79. The van der Waals surface area contributed by atoms with E-state index in [4.69, 9.17) is 4.98 Å². The van der Waals surface area contributed by atoms with E-state index in [9.17, 15) is 0 Å². The maximum atomic E-state index is 5.14. The predicted molar refractivity (Wildman–Crippen MR) is 149 cm³/mol. The molecule has 5 rings (SSSR count). The van der Waals surface area contributed by atoms with Crippen molar-refractivity contribution in [1.82, 2.24) is 10.3 Å². The van der Waals surface area contributed by atoms with Crippen LogP contribution in [-0.4, -0.2) is 46.3 Å². The third kappa shape index (κ3) is 4.94. The van der Waals surface area contributed by atoms with Crippen molar-refractivity contribution >= 4 is 11.4 Å². The van der Waals surface area contributed by atoms with E-state index in [1.165, 1.54) is 34.5 Å². The largest absolute Gasteiger partial charge is 0.378 e. The maximum absolute atomic E-state index is 5.14. The van der Waals surface area contributed by atoms with Gasteiger partial charge in [0.2, 0.25) is 0 Å². The highest BCUT2D eigenvalue weighted by atomic mass is 15.1. The number of rotatable bonds is 6. The molecule has 2 heterocycles. The summed E-state index contributed by atoms with van der Waals surface area (Å²) in [5.41, 5.74) is 10.6. The Kier molecular flexibility index (Phi) is 6.56. The molecule has 4 nitrogen and oxygen atoms in total. The van der Waals surface area contributed by atoms with Gasteiger partial charge in [0, 0.05) is 57.2 Å². The van der Waals surface area contributed by atoms with Gasteiger partial charge in [-0.25, -0.2) is 4.98 Å². The Hall–Kier alpha value is -3.63. The molecule has 1 fully saturated rings. The van der Waals surface area contributed by atoms with E-state index in [2.05, 4.69) is 128 Å². The van der Waals surface area contributed by atoms with E-state index in [1.54, 1.807) is 0 Å². The van der Waals surface area contributed by atoms with E-state index < -0.39 is 0 Å². The molecule has 1 saturated heterocycles. The van der Waals surface area contributed by atoms with Gasteiger partial charge in [-0.3, -0.25) is 0 Å². The summed E-state index contributed by atoms with van der Waals surface area (Å²) >= 11 is 0. The van der Waals surface area contributed by atoms with Gasteiger partial charge in [0.15, 0.2) is 0 Å². The molecule has 0 aliphatic carbocycles. The number of nitrogens with one attached hydrogen (secondary N) is 1. The van der Waals surface area contributed by atoms with Crippen LogP contribution in [0.4, 0.5) is 11.4 Å². The van der Waals surface area contributed by atoms with Crippen LogP contribution in [0.25, 0.3) is 33.6 Å². The van der Waals surface area contributed by atoms with Crippen molar-refractivity contribution in [1.29, 1.82) is 0 Å². The first-order valence-corrected chi connectivity index (χ1v) is 12.4. The lowest BCUT2D eigenvalue weighted by molar-refractivity contribution is 0.765. The summed E-state index contributed by atoms with van der Waals surface area (Å²) in [7, 11) is 8.27. The second kappa shape index (κ2) is 9.93. The Balaban J connectivity index is 1.64. The van der Waals surface area contributed by atoms with Crippen molar-refractivity contribution in [3.8, 4) is 33.6 Å². The molecule has 0 bridgehead atoms. The number of benzene rings is 3.